The van der Waals surface area contributed by atoms with Gasteiger partial charge in [0.2, 0.25) is 0 Å². The number of carbonyl (C=O) groups is 2. The van der Waals surface area contributed by atoms with Gasteiger partial charge in [-0.15, -0.1) is 15.0 Å². The molecule has 0 bridgehead atoms. The molecular weight excluding hydrogens is 406 g/mol. The summed E-state index contributed by atoms with van der Waals surface area (Å²) in [5.41, 5.74) is 3.16. The van der Waals surface area contributed by atoms with Crippen LogP contribution < -0.4 is 4.74 Å². The minimum Gasteiger partial charge on any atom is -0.469 e. The third-order valence-corrected chi connectivity index (χ3v) is 4.82. The molecule has 7 nitrogen and oxygen atoms in total. The number of ether oxygens (including phenoxy) is 2. The maximum atomic E-state index is 11.9. The monoisotopic (exact) mass is 429 g/mol. The largest absolute Gasteiger partial charge is 0.469 e. The van der Waals surface area contributed by atoms with E-state index in [4.69, 9.17) is 21.1 Å². The van der Waals surface area contributed by atoms with Crippen LogP contribution in [0.2, 0.25) is 5.02 Å². The first-order valence-electron chi connectivity index (χ1n) is 9.54. The standard InChI is InChI=1S/C22H24ClN3O4/c1-13(27)30-21-16(22(2,3)4)10-14(6-9-20(28)29-5)11-19(21)26-24-17-8-7-15(23)12-18(17)25-26/h7-8,10-12H,6,9H2,1-5H3. The molecule has 0 atom stereocenters. The van der Waals surface area contributed by atoms with E-state index >= 15 is 0 Å². The van der Waals surface area contributed by atoms with E-state index in [1.54, 1.807) is 18.2 Å². The second-order valence-corrected chi connectivity index (χ2v) is 8.47. The molecule has 0 saturated heterocycles. The van der Waals surface area contributed by atoms with E-state index in [0.717, 1.165) is 11.1 Å². The third kappa shape index (κ3) is 4.79. The van der Waals surface area contributed by atoms with Crippen molar-refractivity contribution in [2.45, 2.75) is 46.0 Å². The molecule has 8 heteroatoms. The number of benzene rings is 2. The van der Waals surface area contributed by atoms with Crippen molar-refractivity contribution in [3.8, 4) is 11.4 Å². The van der Waals surface area contributed by atoms with Crippen molar-refractivity contribution < 1.29 is 19.1 Å². The Morgan fingerprint density at radius 1 is 1.10 bits per heavy atom. The van der Waals surface area contributed by atoms with Gasteiger partial charge in [0.1, 0.15) is 16.7 Å². The lowest BCUT2D eigenvalue weighted by Crippen LogP contribution is -2.18. The van der Waals surface area contributed by atoms with Crippen LogP contribution >= 0.6 is 11.6 Å². The van der Waals surface area contributed by atoms with Crippen LogP contribution in [-0.2, 0) is 26.2 Å². The first kappa shape index (κ1) is 21.8. The molecule has 0 saturated carbocycles. The molecule has 1 heterocycles. The average Bonchev–Trinajstić information content (AvgIpc) is 3.08. The van der Waals surface area contributed by atoms with Gasteiger partial charge in [0, 0.05) is 23.9 Å². The van der Waals surface area contributed by atoms with Crippen molar-refractivity contribution in [3.63, 3.8) is 0 Å². The highest BCUT2D eigenvalue weighted by atomic mass is 35.5. The van der Waals surface area contributed by atoms with Crippen molar-refractivity contribution in [2.75, 3.05) is 7.11 Å². The molecule has 0 amide bonds. The number of fused-ring (bicyclic) bond motifs is 1. The fraction of sp³-hybridized carbons (Fsp3) is 0.364. The van der Waals surface area contributed by atoms with Gasteiger partial charge in [-0.05, 0) is 41.7 Å². The molecule has 0 radical (unpaired) electrons. The van der Waals surface area contributed by atoms with Crippen LogP contribution in [0.25, 0.3) is 16.7 Å². The smallest absolute Gasteiger partial charge is 0.308 e. The van der Waals surface area contributed by atoms with E-state index < -0.39 is 5.97 Å². The predicted molar refractivity (Wildman–Crippen MR) is 114 cm³/mol. The Labute approximate surface area is 179 Å². The lowest BCUT2D eigenvalue weighted by atomic mass is 9.84. The maximum absolute atomic E-state index is 11.9. The molecule has 2 aromatic carbocycles. The Morgan fingerprint density at radius 2 is 1.80 bits per heavy atom. The second-order valence-electron chi connectivity index (χ2n) is 8.03. The van der Waals surface area contributed by atoms with Crippen LogP contribution in [-0.4, -0.2) is 34.0 Å². The SMILES string of the molecule is COC(=O)CCc1cc(-n2nc3ccc(Cl)cc3n2)c(OC(C)=O)c(C(C)(C)C)c1. The molecule has 3 aromatic rings. The average molecular weight is 430 g/mol. The van der Waals surface area contributed by atoms with Crippen molar-refractivity contribution in [1.82, 2.24) is 15.0 Å². The van der Waals surface area contributed by atoms with Gasteiger partial charge in [0.05, 0.1) is 7.11 Å². The van der Waals surface area contributed by atoms with Crippen molar-refractivity contribution in [3.05, 3.63) is 46.5 Å². The number of esters is 2. The lowest BCUT2D eigenvalue weighted by molar-refractivity contribution is -0.140. The number of aryl methyl sites for hydroxylation is 1. The number of methoxy groups -OCH3 is 1. The van der Waals surface area contributed by atoms with Gasteiger partial charge in [-0.1, -0.05) is 38.4 Å². The zero-order chi connectivity index (χ0) is 22.1. The fourth-order valence-corrected chi connectivity index (χ4v) is 3.28. The summed E-state index contributed by atoms with van der Waals surface area (Å²) < 4.78 is 10.4. The number of aromatic nitrogens is 3. The minimum absolute atomic E-state index is 0.233. The molecule has 0 aliphatic carbocycles. The molecule has 30 heavy (non-hydrogen) atoms. The summed E-state index contributed by atoms with van der Waals surface area (Å²) in [4.78, 5) is 25.0. The molecular formula is C22H24ClN3O4. The zero-order valence-electron chi connectivity index (χ0n) is 17.7. The van der Waals surface area contributed by atoms with E-state index in [-0.39, 0.29) is 17.8 Å². The van der Waals surface area contributed by atoms with Gasteiger partial charge < -0.3 is 9.47 Å². The number of carbonyl (C=O) groups excluding carboxylic acids is 2. The first-order chi connectivity index (χ1) is 14.1. The summed E-state index contributed by atoms with van der Waals surface area (Å²) in [6.45, 7) is 7.43. The first-order valence-corrected chi connectivity index (χ1v) is 9.92. The third-order valence-electron chi connectivity index (χ3n) is 4.59. The number of hydrogen-bond donors (Lipinski definition) is 0. The Bertz CT molecular complexity index is 1120. The Kier molecular flexibility index (Phi) is 6.12. The predicted octanol–water partition coefficient (Wildman–Crippen LogP) is 4.40. The Hall–Kier alpha value is -2.93. The molecule has 0 N–H and O–H groups in total. The summed E-state index contributed by atoms with van der Waals surface area (Å²) in [5, 5.41) is 9.61. The molecule has 0 unspecified atom stereocenters. The topological polar surface area (TPSA) is 83.3 Å². The van der Waals surface area contributed by atoms with E-state index in [2.05, 4.69) is 10.2 Å². The highest BCUT2D eigenvalue weighted by Gasteiger charge is 2.26. The summed E-state index contributed by atoms with van der Waals surface area (Å²) in [7, 11) is 1.36. The molecule has 0 aliphatic rings. The van der Waals surface area contributed by atoms with Gasteiger partial charge in [-0.25, -0.2) is 0 Å². The number of nitrogens with zero attached hydrogens (tertiary/aromatic N) is 3. The van der Waals surface area contributed by atoms with Crippen LogP contribution in [0.5, 0.6) is 5.75 Å². The second kappa shape index (κ2) is 8.44. The normalized spacial score (nSPS) is 11.5. The molecule has 0 aliphatic heterocycles. The number of hydrogen-bond acceptors (Lipinski definition) is 6. The van der Waals surface area contributed by atoms with Crippen molar-refractivity contribution in [1.29, 1.82) is 0 Å². The molecule has 3 rings (SSSR count). The van der Waals surface area contributed by atoms with Gasteiger partial charge in [-0.3, -0.25) is 9.59 Å². The Morgan fingerprint density at radius 3 is 2.43 bits per heavy atom. The Balaban J connectivity index is 2.22. The van der Waals surface area contributed by atoms with Gasteiger partial charge in [0.25, 0.3) is 0 Å². The van der Waals surface area contributed by atoms with Gasteiger partial charge in [-0.2, -0.15) is 0 Å². The van der Waals surface area contributed by atoms with E-state index in [1.807, 2.05) is 32.9 Å². The molecule has 0 spiro atoms. The van der Waals surface area contributed by atoms with E-state index in [9.17, 15) is 9.59 Å². The van der Waals surface area contributed by atoms with Crippen LogP contribution in [0.3, 0.4) is 0 Å². The summed E-state index contributed by atoms with van der Waals surface area (Å²) in [6.07, 6.45) is 0.701. The molecule has 0 fully saturated rings. The highest BCUT2D eigenvalue weighted by molar-refractivity contribution is 6.31. The fourth-order valence-electron chi connectivity index (χ4n) is 3.12. The zero-order valence-corrected chi connectivity index (χ0v) is 18.4. The minimum atomic E-state index is -0.441. The number of rotatable bonds is 5. The highest BCUT2D eigenvalue weighted by Crippen LogP contribution is 2.38. The lowest BCUT2D eigenvalue weighted by Gasteiger charge is -2.25. The van der Waals surface area contributed by atoms with Crippen LogP contribution in [0, 0.1) is 0 Å². The van der Waals surface area contributed by atoms with Crippen LogP contribution in [0.4, 0.5) is 0 Å². The van der Waals surface area contributed by atoms with E-state index in [1.165, 1.54) is 18.8 Å². The van der Waals surface area contributed by atoms with Crippen LogP contribution in [0.1, 0.15) is 45.2 Å². The summed E-state index contributed by atoms with van der Waals surface area (Å²) in [5.74, 6) is -0.345. The van der Waals surface area contributed by atoms with Crippen molar-refractivity contribution in [2.24, 2.45) is 0 Å². The summed E-state index contributed by atoms with van der Waals surface area (Å²) >= 11 is 6.08. The van der Waals surface area contributed by atoms with Crippen LogP contribution in [0.15, 0.2) is 30.3 Å². The molecule has 158 valence electrons. The number of halogens is 1. The summed E-state index contributed by atoms with van der Waals surface area (Å²) in [6, 6.07) is 9.01. The molecule has 1 aromatic heterocycles. The quantitative estimate of drug-likeness (QED) is 0.441. The maximum Gasteiger partial charge on any atom is 0.308 e. The van der Waals surface area contributed by atoms with Crippen molar-refractivity contribution >= 4 is 34.6 Å². The van der Waals surface area contributed by atoms with Gasteiger partial charge >= 0.3 is 11.9 Å². The van der Waals surface area contributed by atoms with Gasteiger partial charge in [0.15, 0.2) is 5.75 Å². The van der Waals surface area contributed by atoms with E-state index in [0.29, 0.717) is 33.9 Å².